The number of aryl methyl sites for hydroxylation is 1. The highest BCUT2D eigenvalue weighted by Crippen LogP contribution is 2.19. The normalized spacial score (nSPS) is 14.8. The van der Waals surface area contributed by atoms with Crippen molar-refractivity contribution in [3.05, 3.63) is 35.7 Å². The Morgan fingerprint density at radius 2 is 1.96 bits per heavy atom. The van der Waals surface area contributed by atoms with Crippen molar-refractivity contribution in [3.8, 4) is 11.4 Å². The quantitative estimate of drug-likeness (QED) is 0.801. The molecule has 0 unspecified atom stereocenters. The zero-order valence-corrected chi connectivity index (χ0v) is 14.8. The highest BCUT2D eigenvalue weighted by molar-refractivity contribution is 7.99. The number of aromatic nitrogens is 2. The van der Waals surface area contributed by atoms with Crippen molar-refractivity contribution in [1.82, 2.24) is 15.0 Å². The molecule has 0 atom stereocenters. The van der Waals surface area contributed by atoms with Gasteiger partial charge in [-0.1, -0.05) is 36.3 Å². The predicted molar refractivity (Wildman–Crippen MR) is 95.7 cm³/mol. The molecule has 0 spiro atoms. The van der Waals surface area contributed by atoms with Crippen LogP contribution in [0.4, 0.5) is 0 Å². The molecule has 0 bridgehead atoms. The molecular weight excluding hydrogens is 322 g/mol. The minimum atomic E-state index is 0.217. The number of rotatable bonds is 6. The van der Waals surface area contributed by atoms with Crippen molar-refractivity contribution in [2.24, 2.45) is 0 Å². The van der Waals surface area contributed by atoms with Gasteiger partial charge >= 0.3 is 0 Å². The number of piperidine rings is 1. The molecule has 3 rings (SSSR count). The average Bonchev–Trinajstić information content (AvgIpc) is 3.11. The van der Waals surface area contributed by atoms with Crippen LogP contribution >= 0.6 is 11.8 Å². The van der Waals surface area contributed by atoms with E-state index in [-0.39, 0.29) is 5.91 Å². The first-order chi connectivity index (χ1) is 11.8. The first-order valence-electron chi connectivity index (χ1n) is 8.53. The number of carbonyl (C=O) groups is 1. The van der Waals surface area contributed by atoms with Crippen molar-refractivity contribution in [1.29, 1.82) is 0 Å². The third-order valence-electron chi connectivity index (χ3n) is 4.25. The summed E-state index contributed by atoms with van der Waals surface area (Å²) in [5, 5.41) is 4.03. The molecule has 0 aliphatic carbocycles. The number of benzene rings is 1. The number of likely N-dealkylation sites (tertiary alicyclic amines) is 1. The van der Waals surface area contributed by atoms with Gasteiger partial charge in [-0.3, -0.25) is 4.79 Å². The number of amides is 1. The molecule has 1 fully saturated rings. The van der Waals surface area contributed by atoms with E-state index in [1.165, 1.54) is 23.7 Å². The van der Waals surface area contributed by atoms with Gasteiger partial charge in [0.05, 0.1) is 11.5 Å². The van der Waals surface area contributed by atoms with Crippen molar-refractivity contribution in [3.63, 3.8) is 0 Å². The fraction of sp³-hybridized carbons (Fsp3) is 0.500. The summed E-state index contributed by atoms with van der Waals surface area (Å²) in [5.41, 5.74) is 2.24. The largest absolute Gasteiger partial charge is 0.342 e. The van der Waals surface area contributed by atoms with Gasteiger partial charge in [-0.25, -0.2) is 0 Å². The maximum absolute atomic E-state index is 12.1. The second kappa shape index (κ2) is 8.33. The molecule has 0 radical (unpaired) electrons. The van der Waals surface area contributed by atoms with Crippen LogP contribution in [0.2, 0.25) is 0 Å². The van der Waals surface area contributed by atoms with Gasteiger partial charge in [-0.15, -0.1) is 11.8 Å². The van der Waals surface area contributed by atoms with E-state index in [0.717, 1.165) is 37.9 Å². The van der Waals surface area contributed by atoms with Crippen molar-refractivity contribution < 1.29 is 9.32 Å². The lowest BCUT2D eigenvalue weighted by molar-refractivity contribution is -0.129. The summed E-state index contributed by atoms with van der Waals surface area (Å²) in [6, 6.07) is 8.19. The average molecular weight is 345 g/mol. The third-order valence-corrected chi connectivity index (χ3v) is 5.15. The summed E-state index contributed by atoms with van der Waals surface area (Å²) in [6.45, 7) is 3.93. The van der Waals surface area contributed by atoms with E-state index in [1.807, 2.05) is 17.0 Å². The highest BCUT2D eigenvalue weighted by Gasteiger charge is 2.17. The van der Waals surface area contributed by atoms with Crippen LogP contribution in [0.25, 0.3) is 11.4 Å². The van der Waals surface area contributed by atoms with E-state index in [2.05, 4.69) is 29.2 Å². The molecule has 128 valence electrons. The number of carbonyl (C=O) groups excluding carboxylic acids is 1. The Morgan fingerprint density at radius 1 is 1.21 bits per heavy atom. The Kier molecular flexibility index (Phi) is 5.91. The Bertz CT molecular complexity index is 663. The maximum atomic E-state index is 12.1. The zero-order chi connectivity index (χ0) is 16.8. The fourth-order valence-corrected chi connectivity index (χ4v) is 3.53. The summed E-state index contributed by atoms with van der Waals surface area (Å²) in [5.74, 6) is 2.44. The Labute approximate surface area is 146 Å². The Morgan fingerprint density at radius 3 is 2.67 bits per heavy atom. The molecule has 1 aliphatic rings. The minimum absolute atomic E-state index is 0.217. The molecule has 1 amide bonds. The number of hydrogen-bond acceptors (Lipinski definition) is 5. The molecule has 1 aliphatic heterocycles. The Hall–Kier alpha value is -1.82. The molecule has 2 aromatic rings. The predicted octanol–water partition coefficient (Wildman–Crippen LogP) is 3.54. The summed E-state index contributed by atoms with van der Waals surface area (Å²) in [7, 11) is 0. The molecule has 2 heterocycles. The minimum Gasteiger partial charge on any atom is -0.342 e. The van der Waals surface area contributed by atoms with Crippen LogP contribution in [0, 0.1) is 0 Å². The van der Waals surface area contributed by atoms with Gasteiger partial charge in [0, 0.05) is 18.7 Å². The first-order valence-corrected chi connectivity index (χ1v) is 9.69. The van der Waals surface area contributed by atoms with E-state index in [9.17, 15) is 4.79 Å². The van der Waals surface area contributed by atoms with Gasteiger partial charge in [-0.2, -0.15) is 4.98 Å². The zero-order valence-electron chi connectivity index (χ0n) is 14.0. The van der Waals surface area contributed by atoms with E-state index < -0.39 is 0 Å². The van der Waals surface area contributed by atoms with Gasteiger partial charge in [0.25, 0.3) is 0 Å². The van der Waals surface area contributed by atoms with Gasteiger partial charge in [-0.05, 0) is 31.2 Å². The van der Waals surface area contributed by atoms with Crippen molar-refractivity contribution in [2.45, 2.75) is 38.4 Å². The smallest absolute Gasteiger partial charge is 0.236 e. The first kappa shape index (κ1) is 17.0. The SMILES string of the molecule is CCc1ccc(-c2noc(CSCC(=O)N3CCCCC3)n2)cc1. The summed E-state index contributed by atoms with van der Waals surface area (Å²) in [6.07, 6.45) is 4.50. The van der Waals surface area contributed by atoms with E-state index in [0.29, 0.717) is 23.2 Å². The third kappa shape index (κ3) is 4.38. The van der Waals surface area contributed by atoms with Gasteiger partial charge in [0.2, 0.25) is 17.6 Å². The number of nitrogens with zero attached hydrogens (tertiary/aromatic N) is 3. The van der Waals surface area contributed by atoms with Crippen LogP contribution in [-0.2, 0) is 17.0 Å². The summed E-state index contributed by atoms with van der Waals surface area (Å²) >= 11 is 1.54. The summed E-state index contributed by atoms with van der Waals surface area (Å²) < 4.78 is 5.30. The molecule has 1 saturated heterocycles. The number of thioether (sulfide) groups is 1. The maximum Gasteiger partial charge on any atom is 0.236 e. The molecule has 24 heavy (non-hydrogen) atoms. The summed E-state index contributed by atoms with van der Waals surface area (Å²) in [4.78, 5) is 18.5. The van der Waals surface area contributed by atoms with Crippen molar-refractivity contribution in [2.75, 3.05) is 18.8 Å². The standard InChI is InChI=1S/C18H23N3O2S/c1-2-14-6-8-15(9-7-14)18-19-16(23-20-18)12-24-13-17(22)21-10-4-3-5-11-21/h6-9H,2-5,10-13H2,1H3. The van der Waals surface area contributed by atoms with Crippen LogP contribution in [0.1, 0.15) is 37.6 Å². The van der Waals surface area contributed by atoms with Gasteiger partial charge in [0.15, 0.2) is 0 Å². The van der Waals surface area contributed by atoms with E-state index in [1.54, 1.807) is 0 Å². The molecule has 0 saturated carbocycles. The van der Waals surface area contributed by atoms with Crippen LogP contribution in [0.5, 0.6) is 0 Å². The Balaban J connectivity index is 1.49. The van der Waals surface area contributed by atoms with Crippen molar-refractivity contribution >= 4 is 17.7 Å². The molecule has 0 N–H and O–H groups in total. The van der Waals surface area contributed by atoms with E-state index in [4.69, 9.17) is 4.52 Å². The van der Waals surface area contributed by atoms with Crippen LogP contribution in [0.15, 0.2) is 28.8 Å². The molecular formula is C18H23N3O2S. The molecule has 1 aromatic carbocycles. The fourth-order valence-electron chi connectivity index (χ4n) is 2.78. The van der Waals surface area contributed by atoms with Crippen LogP contribution in [-0.4, -0.2) is 39.8 Å². The topological polar surface area (TPSA) is 59.2 Å². The molecule has 5 nitrogen and oxygen atoms in total. The number of hydrogen-bond donors (Lipinski definition) is 0. The van der Waals surface area contributed by atoms with Crippen LogP contribution in [0.3, 0.4) is 0 Å². The monoisotopic (exact) mass is 345 g/mol. The highest BCUT2D eigenvalue weighted by atomic mass is 32.2. The van der Waals surface area contributed by atoms with Gasteiger partial charge < -0.3 is 9.42 Å². The van der Waals surface area contributed by atoms with E-state index >= 15 is 0 Å². The second-order valence-corrected chi connectivity index (χ2v) is 6.98. The van der Waals surface area contributed by atoms with Gasteiger partial charge in [0.1, 0.15) is 0 Å². The lowest BCUT2D eigenvalue weighted by Gasteiger charge is -2.26. The molecule has 6 heteroatoms. The second-order valence-electron chi connectivity index (χ2n) is 6.00. The lowest BCUT2D eigenvalue weighted by Crippen LogP contribution is -2.36. The lowest BCUT2D eigenvalue weighted by atomic mass is 10.1. The van der Waals surface area contributed by atoms with Crippen LogP contribution < -0.4 is 0 Å². The molecule has 1 aromatic heterocycles.